The van der Waals surface area contributed by atoms with Gasteiger partial charge in [-0.3, -0.25) is 0 Å². The number of rotatable bonds is 21. The van der Waals surface area contributed by atoms with Crippen molar-refractivity contribution in [2.45, 2.75) is 25.7 Å². The highest BCUT2D eigenvalue weighted by molar-refractivity contribution is 5.56. The molecule has 0 aliphatic carbocycles. The second-order valence-electron chi connectivity index (χ2n) is 10.5. The maximum absolute atomic E-state index is 5.64. The zero-order chi connectivity index (χ0) is 34.1. The Hall–Kier alpha value is -4.88. The third-order valence-electron chi connectivity index (χ3n) is 6.40. The molecule has 0 radical (unpaired) electrons. The zero-order valence-corrected chi connectivity index (χ0v) is 27.6. The Balaban J connectivity index is 0.000000260. The quantitative estimate of drug-likeness (QED) is 0.0345. The molecule has 0 aromatic heterocycles. The Morgan fingerprint density at radius 1 is 0.417 bits per heavy atom. The van der Waals surface area contributed by atoms with E-state index in [0.29, 0.717) is 52.6 Å². The van der Waals surface area contributed by atoms with Crippen LogP contribution in [0.25, 0.3) is 0 Å². The molecule has 0 aliphatic heterocycles. The van der Waals surface area contributed by atoms with E-state index < -0.39 is 0 Å². The molecule has 0 heterocycles. The lowest BCUT2D eigenvalue weighted by molar-refractivity contribution is 0.313. The lowest BCUT2D eigenvalue weighted by Crippen LogP contribution is -2.10. The minimum absolute atomic E-state index is 0.597. The number of hydrogen-bond donors (Lipinski definition) is 6. The number of nitrogens with zero attached hydrogens (tertiary/aromatic N) is 2. The van der Waals surface area contributed by atoms with Gasteiger partial charge in [0.15, 0.2) is 0 Å². The molecule has 0 saturated carbocycles. The van der Waals surface area contributed by atoms with Crippen LogP contribution in [-0.4, -0.2) is 52.6 Å². The first-order valence-corrected chi connectivity index (χ1v) is 16.3. The van der Waals surface area contributed by atoms with Crippen molar-refractivity contribution >= 4 is 22.7 Å². The molecule has 0 unspecified atom stereocenters. The van der Waals surface area contributed by atoms with E-state index in [1.54, 1.807) is 0 Å². The Morgan fingerprint density at radius 2 is 0.729 bits per heavy atom. The fourth-order valence-electron chi connectivity index (χ4n) is 3.95. The average Bonchev–Trinajstić information content (AvgIpc) is 3.11. The number of azo groups is 1. The predicted molar refractivity (Wildman–Crippen MR) is 194 cm³/mol. The van der Waals surface area contributed by atoms with E-state index in [0.717, 1.165) is 71.4 Å². The summed E-state index contributed by atoms with van der Waals surface area (Å²) >= 11 is 0. The molecule has 0 spiro atoms. The second kappa shape index (κ2) is 23.4. The first kappa shape index (κ1) is 37.6. The van der Waals surface area contributed by atoms with Crippen LogP contribution in [0.5, 0.6) is 23.0 Å². The van der Waals surface area contributed by atoms with Gasteiger partial charge >= 0.3 is 0 Å². The highest BCUT2D eigenvalue weighted by Crippen LogP contribution is 2.25. The number of hydrogen-bond acceptors (Lipinski definition) is 12. The largest absolute Gasteiger partial charge is 0.493 e. The summed E-state index contributed by atoms with van der Waals surface area (Å²) in [6.45, 7) is 4.92. The number of nitrogens with two attached hydrogens (primary N) is 4. The molecule has 4 rings (SSSR count). The van der Waals surface area contributed by atoms with Crippen molar-refractivity contribution in [3.8, 4) is 23.0 Å². The number of nitrogens with one attached hydrogen (secondary N) is 2. The highest BCUT2D eigenvalue weighted by Gasteiger charge is 2.01. The monoisotopic (exact) mass is 658 g/mol. The summed E-state index contributed by atoms with van der Waals surface area (Å²) in [5, 5.41) is 8.50. The van der Waals surface area contributed by atoms with Gasteiger partial charge in [-0.15, -0.1) is 0 Å². The Morgan fingerprint density at radius 3 is 1.06 bits per heavy atom. The van der Waals surface area contributed by atoms with Crippen molar-refractivity contribution in [3.63, 3.8) is 0 Å². The van der Waals surface area contributed by atoms with Gasteiger partial charge in [0.1, 0.15) is 23.0 Å². The standard InChI is InChI=1S/C18H26N4O2.C18H24N4O2/c2*19-9-3-11-23-17-7-1-5-15(13-17)21-22-16-6-2-8-18(14-16)24-12-4-10-20/h1-2,5-8,13-14,21-22H,3-4,9-12,19-20H2;1-2,5-8,13-14H,3-4,9-12,19-20H2. The lowest BCUT2D eigenvalue weighted by Gasteiger charge is -2.13. The minimum atomic E-state index is 0.597. The van der Waals surface area contributed by atoms with Gasteiger partial charge in [-0.2, -0.15) is 10.2 Å². The molecular weight excluding hydrogens is 608 g/mol. The van der Waals surface area contributed by atoms with Crippen molar-refractivity contribution < 1.29 is 18.9 Å². The van der Waals surface area contributed by atoms with Gasteiger partial charge in [-0.25, -0.2) is 0 Å². The third kappa shape index (κ3) is 15.6. The van der Waals surface area contributed by atoms with Gasteiger partial charge in [-0.1, -0.05) is 24.3 Å². The molecule has 0 aliphatic rings. The molecule has 4 aromatic rings. The number of hydrazine groups is 1. The van der Waals surface area contributed by atoms with Crippen LogP contribution in [0, 0.1) is 0 Å². The van der Waals surface area contributed by atoms with Gasteiger partial charge in [0, 0.05) is 24.3 Å². The Labute approximate surface area is 283 Å². The lowest BCUT2D eigenvalue weighted by atomic mass is 10.3. The fourth-order valence-corrected chi connectivity index (χ4v) is 3.95. The molecule has 12 nitrogen and oxygen atoms in total. The van der Waals surface area contributed by atoms with E-state index in [2.05, 4.69) is 21.1 Å². The van der Waals surface area contributed by atoms with Gasteiger partial charge in [-0.05, 0) is 100 Å². The number of ether oxygens (including phenoxy) is 4. The summed E-state index contributed by atoms with van der Waals surface area (Å²) < 4.78 is 22.5. The van der Waals surface area contributed by atoms with Crippen molar-refractivity contribution in [1.29, 1.82) is 0 Å². The molecule has 4 aromatic carbocycles. The van der Waals surface area contributed by atoms with E-state index in [1.165, 1.54) is 0 Å². The Kier molecular flexibility index (Phi) is 18.4. The zero-order valence-electron chi connectivity index (χ0n) is 27.6. The van der Waals surface area contributed by atoms with Gasteiger partial charge in [0.05, 0.1) is 49.2 Å². The molecule has 10 N–H and O–H groups in total. The first-order chi connectivity index (χ1) is 23.6. The molecule has 48 heavy (non-hydrogen) atoms. The van der Waals surface area contributed by atoms with Crippen LogP contribution in [0.15, 0.2) is 107 Å². The predicted octanol–water partition coefficient (Wildman–Crippen LogP) is 6.14. The third-order valence-corrected chi connectivity index (χ3v) is 6.40. The van der Waals surface area contributed by atoms with Crippen LogP contribution in [0.4, 0.5) is 22.7 Å². The summed E-state index contributed by atoms with van der Waals surface area (Å²) in [4.78, 5) is 0. The molecule has 0 amide bonds. The summed E-state index contributed by atoms with van der Waals surface area (Å²) in [5.74, 6) is 3.15. The summed E-state index contributed by atoms with van der Waals surface area (Å²) in [6, 6.07) is 30.5. The fraction of sp³-hybridized carbons (Fsp3) is 0.333. The van der Waals surface area contributed by atoms with Crippen LogP contribution in [-0.2, 0) is 0 Å². The molecule has 258 valence electrons. The highest BCUT2D eigenvalue weighted by atomic mass is 16.5. The van der Waals surface area contributed by atoms with Crippen LogP contribution in [0.2, 0.25) is 0 Å². The smallest absolute Gasteiger partial charge is 0.121 e. The normalized spacial score (nSPS) is 10.6. The van der Waals surface area contributed by atoms with Gasteiger partial charge in [0.2, 0.25) is 0 Å². The molecule has 12 heteroatoms. The van der Waals surface area contributed by atoms with Crippen LogP contribution in [0.1, 0.15) is 25.7 Å². The van der Waals surface area contributed by atoms with Crippen molar-refractivity contribution in [2.24, 2.45) is 33.2 Å². The van der Waals surface area contributed by atoms with E-state index in [1.807, 2.05) is 97.1 Å². The molecule has 0 saturated heterocycles. The summed E-state index contributed by atoms with van der Waals surface area (Å²) in [7, 11) is 0. The number of anilines is 2. The van der Waals surface area contributed by atoms with Crippen LogP contribution in [0.3, 0.4) is 0 Å². The molecule has 0 atom stereocenters. The number of benzene rings is 4. The average molecular weight is 659 g/mol. The topological polar surface area (TPSA) is 190 Å². The van der Waals surface area contributed by atoms with Gasteiger partial charge < -0.3 is 52.7 Å². The second-order valence-corrected chi connectivity index (χ2v) is 10.5. The molecular formula is C36H50N8O4. The summed E-state index contributed by atoms with van der Waals surface area (Å²) in [6.07, 6.45) is 3.32. The SMILES string of the molecule is NCCCOc1cccc(N=Nc2cccc(OCCCN)c2)c1.NCCCOc1cccc(NNc2cccc(OCCCN)c2)c1. The van der Waals surface area contributed by atoms with E-state index in [4.69, 9.17) is 41.9 Å². The first-order valence-electron chi connectivity index (χ1n) is 16.3. The van der Waals surface area contributed by atoms with E-state index in [-0.39, 0.29) is 0 Å². The van der Waals surface area contributed by atoms with Crippen LogP contribution >= 0.6 is 0 Å². The summed E-state index contributed by atoms with van der Waals surface area (Å²) in [5.41, 5.74) is 31.4. The molecule has 0 bridgehead atoms. The maximum Gasteiger partial charge on any atom is 0.121 e. The van der Waals surface area contributed by atoms with Crippen molar-refractivity contribution in [2.75, 3.05) is 63.5 Å². The molecule has 0 fully saturated rings. The Bertz CT molecular complexity index is 1360. The van der Waals surface area contributed by atoms with Crippen molar-refractivity contribution in [3.05, 3.63) is 97.1 Å². The van der Waals surface area contributed by atoms with Gasteiger partial charge in [0.25, 0.3) is 0 Å². The minimum Gasteiger partial charge on any atom is -0.493 e. The van der Waals surface area contributed by atoms with E-state index in [9.17, 15) is 0 Å². The van der Waals surface area contributed by atoms with E-state index >= 15 is 0 Å². The maximum atomic E-state index is 5.64. The van der Waals surface area contributed by atoms with Crippen LogP contribution < -0.4 is 52.7 Å². The van der Waals surface area contributed by atoms with Crippen molar-refractivity contribution in [1.82, 2.24) is 0 Å².